The smallest absolute Gasteiger partial charge is 0.0929 e. The monoisotopic (exact) mass is 202 g/mol. The van der Waals surface area contributed by atoms with Crippen LogP contribution in [0.5, 0.6) is 0 Å². The third kappa shape index (κ3) is 3.56. The van der Waals surface area contributed by atoms with E-state index in [1.807, 2.05) is 13.8 Å². The number of ether oxygens (including phenoxy) is 2. The minimum absolute atomic E-state index is 0.133. The Hall–Kier alpha value is -0.120. The maximum Gasteiger partial charge on any atom is 0.0929 e. The molecule has 0 aromatic rings. The molecule has 1 fully saturated rings. The lowest BCUT2D eigenvalue weighted by atomic mass is 9.88. The maximum atomic E-state index is 10.2. The fourth-order valence-electron chi connectivity index (χ4n) is 2.17. The van der Waals surface area contributed by atoms with Crippen molar-refractivity contribution in [2.75, 3.05) is 13.2 Å². The molecule has 0 aromatic carbocycles. The highest BCUT2D eigenvalue weighted by Crippen LogP contribution is 2.28. The van der Waals surface area contributed by atoms with Crippen molar-refractivity contribution in [3.05, 3.63) is 0 Å². The van der Waals surface area contributed by atoms with Crippen LogP contribution >= 0.6 is 0 Å². The van der Waals surface area contributed by atoms with Gasteiger partial charge in [-0.25, -0.2) is 0 Å². The van der Waals surface area contributed by atoms with E-state index < -0.39 is 5.60 Å². The van der Waals surface area contributed by atoms with Gasteiger partial charge in [0.05, 0.1) is 24.4 Å². The second-order valence-corrected chi connectivity index (χ2v) is 4.44. The SMILES string of the molecule is CCCOCC1(O)CC(C)OC(C)C1. The summed E-state index contributed by atoms with van der Waals surface area (Å²) in [4.78, 5) is 0. The van der Waals surface area contributed by atoms with E-state index in [1.54, 1.807) is 0 Å². The van der Waals surface area contributed by atoms with Crippen LogP contribution in [0.2, 0.25) is 0 Å². The average Bonchev–Trinajstić information content (AvgIpc) is 2.01. The molecule has 1 heterocycles. The van der Waals surface area contributed by atoms with Crippen LogP contribution in [0.25, 0.3) is 0 Å². The predicted octanol–water partition coefficient (Wildman–Crippen LogP) is 1.73. The second-order valence-electron chi connectivity index (χ2n) is 4.44. The second kappa shape index (κ2) is 5.10. The van der Waals surface area contributed by atoms with Gasteiger partial charge in [0.2, 0.25) is 0 Å². The predicted molar refractivity (Wildman–Crippen MR) is 55.3 cm³/mol. The Balaban J connectivity index is 2.38. The first-order valence-corrected chi connectivity index (χ1v) is 5.51. The highest BCUT2D eigenvalue weighted by molar-refractivity contribution is 4.87. The van der Waals surface area contributed by atoms with Crippen molar-refractivity contribution in [3.8, 4) is 0 Å². The zero-order valence-corrected chi connectivity index (χ0v) is 9.45. The molecule has 1 saturated heterocycles. The van der Waals surface area contributed by atoms with E-state index in [0.29, 0.717) is 19.4 Å². The van der Waals surface area contributed by atoms with Gasteiger partial charge in [0.25, 0.3) is 0 Å². The van der Waals surface area contributed by atoms with Gasteiger partial charge in [-0.3, -0.25) is 0 Å². The third-order valence-corrected chi connectivity index (χ3v) is 2.52. The van der Waals surface area contributed by atoms with Crippen molar-refractivity contribution in [3.63, 3.8) is 0 Å². The summed E-state index contributed by atoms with van der Waals surface area (Å²) in [5.74, 6) is 0. The largest absolute Gasteiger partial charge is 0.387 e. The van der Waals surface area contributed by atoms with Gasteiger partial charge in [-0.05, 0) is 20.3 Å². The lowest BCUT2D eigenvalue weighted by Crippen LogP contribution is -2.46. The van der Waals surface area contributed by atoms with E-state index in [9.17, 15) is 5.11 Å². The van der Waals surface area contributed by atoms with Crippen LogP contribution in [0.3, 0.4) is 0 Å². The summed E-state index contributed by atoms with van der Waals surface area (Å²) >= 11 is 0. The first kappa shape index (κ1) is 12.0. The quantitative estimate of drug-likeness (QED) is 0.706. The molecule has 0 amide bonds. The van der Waals surface area contributed by atoms with E-state index >= 15 is 0 Å². The number of aliphatic hydroxyl groups is 1. The van der Waals surface area contributed by atoms with Crippen LogP contribution in [0, 0.1) is 0 Å². The topological polar surface area (TPSA) is 38.7 Å². The molecule has 2 atom stereocenters. The van der Waals surface area contributed by atoms with Crippen LogP contribution in [-0.4, -0.2) is 36.1 Å². The summed E-state index contributed by atoms with van der Waals surface area (Å²) in [5, 5.41) is 10.2. The van der Waals surface area contributed by atoms with Crippen molar-refractivity contribution >= 4 is 0 Å². The van der Waals surface area contributed by atoms with E-state index in [-0.39, 0.29) is 12.2 Å². The normalized spacial score (nSPS) is 38.6. The van der Waals surface area contributed by atoms with E-state index in [2.05, 4.69) is 6.92 Å². The maximum absolute atomic E-state index is 10.2. The molecule has 1 N–H and O–H groups in total. The number of hydrogen-bond donors (Lipinski definition) is 1. The van der Waals surface area contributed by atoms with Crippen LogP contribution < -0.4 is 0 Å². The number of hydrogen-bond acceptors (Lipinski definition) is 3. The van der Waals surface area contributed by atoms with Crippen LogP contribution in [0.1, 0.15) is 40.0 Å². The van der Waals surface area contributed by atoms with Gasteiger partial charge in [-0.2, -0.15) is 0 Å². The highest BCUT2D eigenvalue weighted by atomic mass is 16.5. The molecular weight excluding hydrogens is 180 g/mol. The molecule has 84 valence electrons. The lowest BCUT2D eigenvalue weighted by Gasteiger charge is -2.38. The fourth-order valence-corrected chi connectivity index (χ4v) is 2.17. The van der Waals surface area contributed by atoms with Crippen LogP contribution in [0.4, 0.5) is 0 Å². The van der Waals surface area contributed by atoms with Gasteiger partial charge < -0.3 is 14.6 Å². The van der Waals surface area contributed by atoms with Crippen molar-refractivity contribution in [1.29, 1.82) is 0 Å². The first-order valence-electron chi connectivity index (χ1n) is 5.51. The van der Waals surface area contributed by atoms with Crippen molar-refractivity contribution in [1.82, 2.24) is 0 Å². The minimum Gasteiger partial charge on any atom is -0.387 e. The lowest BCUT2D eigenvalue weighted by molar-refractivity contribution is -0.156. The molecule has 1 rings (SSSR count). The Labute approximate surface area is 86.4 Å². The molecule has 0 aliphatic carbocycles. The molecule has 0 aromatic heterocycles. The molecular formula is C11H22O3. The molecule has 14 heavy (non-hydrogen) atoms. The summed E-state index contributed by atoms with van der Waals surface area (Å²) < 4.78 is 11.0. The summed E-state index contributed by atoms with van der Waals surface area (Å²) in [6, 6.07) is 0. The zero-order chi connectivity index (χ0) is 10.6. The molecule has 2 unspecified atom stereocenters. The molecule has 1 aliphatic heterocycles. The molecule has 3 heteroatoms. The molecule has 0 saturated carbocycles. The third-order valence-electron chi connectivity index (χ3n) is 2.52. The number of rotatable bonds is 4. The van der Waals surface area contributed by atoms with Crippen LogP contribution in [0.15, 0.2) is 0 Å². The molecule has 1 aliphatic rings. The van der Waals surface area contributed by atoms with Gasteiger partial charge in [0, 0.05) is 19.4 Å². The minimum atomic E-state index is -0.674. The van der Waals surface area contributed by atoms with Crippen molar-refractivity contribution in [2.45, 2.75) is 57.8 Å². The fraction of sp³-hybridized carbons (Fsp3) is 1.00. The Kier molecular flexibility index (Phi) is 4.35. The summed E-state index contributed by atoms with van der Waals surface area (Å²) in [7, 11) is 0. The van der Waals surface area contributed by atoms with Gasteiger partial charge in [-0.15, -0.1) is 0 Å². The summed E-state index contributed by atoms with van der Waals surface area (Å²) in [5.41, 5.74) is -0.674. The standard InChI is InChI=1S/C11H22O3/c1-4-5-13-8-11(12)6-9(2)14-10(3)7-11/h9-10,12H,4-8H2,1-3H3. The zero-order valence-electron chi connectivity index (χ0n) is 9.45. The average molecular weight is 202 g/mol. The van der Waals surface area contributed by atoms with E-state index in [4.69, 9.17) is 9.47 Å². The highest BCUT2D eigenvalue weighted by Gasteiger charge is 2.36. The molecule has 0 radical (unpaired) electrons. The molecule has 0 spiro atoms. The first-order chi connectivity index (χ1) is 6.56. The van der Waals surface area contributed by atoms with Crippen molar-refractivity contribution in [2.24, 2.45) is 0 Å². The Morgan fingerprint density at radius 2 is 1.93 bits per heavy atom. The summed E-state index contributed by atoms with van der Waals surface area (Å²) in [6.45, 7) is 7.24. The van der Waals surface area contributed by atoms with E-state index in [0.717, 1.165) is 13.0 Å². The van der Waals surface area contributed by atoms with Gasteiger partial charge in [0.15, 0.2) is 0 Å². The van der Waals surface area contributed by atoms with Gasteiger partial charge >= 0.3 is 0 Å². The Morgan fingerprint density at radius 3 is 2.43 bits per heavy atom. The van der Waals surface area contributed by atoms with Gasteiger partial charge in [-0.1, -0.05) is 6.92 Å². The van der Waals surface area contributed by atoms with E-state index in [1.165, 1.54) is 0 Å². The molecule has 3 nitrogen and oxygen atoms in total. The molecule has 0 bridgehead atoms. The summed E-state index contributed by atoms with van der Waals surface area (Å²) in [6.07, 6.45) is 2.63. The van der Waals surface area contributed by atoms with Crippen molar-refractivity contribution < 1.29 is 14.6 Å². The van der Waals surface area contributed by atoms with Crippen LogP contribution in [-0.2, 0) is 9.47 Å². The van der Waals surface area contributed by atoms with Gasteiger partial charge in [0.1, 0.15) is 0 Å². The Morgan fingerprint density at radius 1 is 1.36 bits per heavy atom. The Bertz CT molecular complexity index is 160.